The van der Waals surface area contributed by atoms with Crippen LogP contribution in [0.2, 0.25) is 0 Å². The maximum Gasteiger partial charge on any atom is 0.00226 e. The van der Waals surface area contributed by atoms with Gasteiger partial charge in [-0.3, -0.25) is 0 Å². The average Bonchev–Trinajstić information content (AvgIpc) is 2.40. The fraction of sp³-hybridized carbons (Fsp3) is 0.647. The number of hydrogen-bond donors (Lipinski definition) is 1. The van der Waals surface area contributed by atoms with Gasteiger partial charge in [0.25, 0.3) is 0 Å². The van der Waals surface area contributed by atoms with Crippen LogP contribution >= 0.6 is 0 Å². The van der Waals surface area contributed by atoms with Crippen molar-refractivity contribution in [1.82, 2.24) is 5.32 Å². The average molecular weight is 247 g/mol. The first-order valence-corrected chi connectivity index (χ1v) is 7.45. The summed E-state index contributed by atoms with van der Waals surface area (Å²) in [5, 5.41) is 3.60. The van der Waals surface area contributed by atoms with Gasteiger partial charge in [-0.2, -0.15) is 0 Å². The molecule has 1 N–H and O–H groups in total. The van der Waals surface area contributed by atoms with Crippen LogP contribution in [-0.2, 0) is 0 Å². The molecule has 1 unspecified atom stereocenters. The van der Waals surface area contributed by atoms with Crippen molar-refractivity contribution in [3.8, 4) is 0 Å². The van der Waals surface area contributed by atoms with Crippen molar-refractivity contribution in [3.05, 3.63) is 35.9 Å². The third-order valence-corrected chi connectivity index (χ3v) is 3.82. The van der Waals surface area contributed by atoms with Crippen LogP contribution in [0, 0.1) is 5.92 Å². The number of hydrogen-bond acceptors (Lipinski definition) is 1. The molecule has 1 heteroatoms. The van der Waals surface area contributed by atoms with Crippen LogP contribution in [0.4, 0.5) is 0 Å². The summed E-state index contributed by atoms with van der Waals surface area (Å²) in [6, 6.07) is 11.5. The van der Waals surface area contributed by atoms with Crippen LogP contribution in [0.1, 0.15) is 58.4 Å². The molecule has 0 saturated carbocycles. The molecule has 1 aromatic rings. The van der Waals surface area contributed by atoms with E-state index in [1.165, 1.54) is 24.8 Å². The van der Waals surface area contributed by atoms with E-state index in [1.807, 2.05) is 0 Å². The molecule has 0 fully saturated rings. The Balaban J connectivity index is 2.68. The summed E-state index contributed by atoms with van der Waals surface area (Å²) in [5.41, 5.74) is 1.48. The first-order chi connectivity index (χ1) is 8.67. The fourth-order valence-electron chi connectivity index (χ4n) is 2.46. The quantitative estimate of drug-likeness (QED) is 0.708. The number of nitrogens with one attached hydrogen (secondary N) is 1. The molecule has 0 aromatic heterocycles. The molecule has 0 aliphatic heterocycles. The van der Waals surface area contributed by atoms with Gasteiger partial charge in [0.1, 0.15) is 0 Å². The Kier molecular flexibility index (Phi) is 7.04. The summed E-state index contributed by atoms with van der Waals surface area (Å²) in [6.07, 6.45) is 3.89. The largest absolute Gasteiger partial charge is 0.314 e. The highest BCUT2D eigenvalue weighted by Gasteiger charge is 2.16. The third-order valence-electron chi connectivity index (χ3n) is 3.82. The van der Waals surface area contributed by atoms with E-state index in [4.69, 9.17) is 0 Å². The normalized spacial score (nSPS) is 13.2. The number of benzene rings is 1. The molecule has 1 atom stereocenters. The van der Waals surface area contributed by atoms with Gasteiger partial charge in [0.05, 0.1) is 0 Å². The lowest BCUT2D eigenvalue weighted by Crippen LogP contribution is -2.29. The predicted molar refractivity (Wildman–Crippen MR) is 81.0 cm³/mol. The molecular weight excluding hydrogens is 218 g/mol. The molecule has 18 heavy (non-hydrogen) atoms. The summed E-state index contributed by atoms with van der Waals surface area (Å²) in [6.45, 7) is 10.2. The van der Waals surface area contributed by atoms with Crippen molar-refractivity contribution < 1.29 is 0 Å². The van der Waals surface area contributed by atoms with Gasteiger partial charge >= 0.3 is 0 Å². The monoisotopic (exact) mass is 247 g/mol. The molecule has 1 aromatic carbocycles. The van der Waals surface area contributed by atoms with Gasteiger partial charge in [-0.15, -0.1) is 0 Å². The third kappa shape index (κ3) is 5.22. The molecule has 1 rings (SSSR count). The van der Waals surface area contributed by atoms with Crippen molar-refractivity contribution in [2.24, 2.45) is 5.92 Å². The second kappa shape index (κ2) is 8.31. The van der Waals surface area contributed by atoms with Crippen LogP contribution in [0.15, 0.2) is 30.3 Å². The summed E-state index contributed by atoms with van der Waals surface area (Å²) in [4.78, 5) is 0. The van der Waals surface area contributed by atoms with Crippen molar-refractivity contribution in [1.29, 1.82) is 0 Å². The Labute approximate surface area is 113 Å². The van der Waals surface area contributed by atoms with Gasteiger partial charge < -0.3 is 5.32 Å². The molecule has 0 bridgehead atoms. The predicted octanol–water partition coefficient (Wildman–Crippen LogP) is 4.59. The van der Waals surface area contributed by atoms with E-state index in [9.17, 15) is 0 Å². The van der Waals surface area contributed by atoms with Gasteiger partial charge in [-0.05, 0) is 23.8 Å². The van der Waals surface area contributed by atoms with E-state index >= 15 is 0 Å². The van der Waals surface area contributed by atoms with Crippen molar-refractivity contribution in [2.45, 2.75) is 58.9 Å². The molecule has 0 heterocycles. The summed E-state index contributed by atoms with van der Waals surface area (Å²) >= 11 is 0. The minimum atomic E-state index is 0.568. The Hall–Kier alpha value is -0.820. The van der Waals surface area contributed by atoms with Gasteiger partial charge in [0.2, 0.25) is 0 Å². The lowest BCUT2D eigenvalue weighted by molar-refractivity contribution is 0.391. The second-order valence-corrected chi connectivity index (χ2v) is 5.59. The standard InChI is InChI=1S/C17H29N/c1-5-15(6-2)12-17(13-18-14(3)4)16-10-8-7-9-11-16/h7-11,14-15,17-18H,5-6,12-13H2,1-4H3. The summed E-state index contributed by atoms with van der Waals surface area (Å²) < 4.78 is 0. The van der Waals surface area contributed by atoms with Crippen molar-refractivity contribution in [2.75, 3.05) is 6.54 Å². The molecule has 0 spiro atoms. The zero-order valence-electron chi connectivity index (χ0n) is 12.4. The van der Waals surface area contributed by atoms with E-state index in [2.05, 4.69) is 63.3 Å². The highest BCUT2D eigenvalue weighted by molar-refractivity contribution is 5.20. The highest BCUT2D eigenvalue weighted by Crippen LogP contribution is 2.26. The van der Waals surface area contributed by atoms with Gasteiger partial charge in [-0.25, -0.2) is 0 Å². The zero-order chi connectivity index (χ0) is 13.4. The first kappa shape index (κ1) is 15.2. The molecule has 0 radical (unpaired) electrons. The molecule has 0 aliphatic rings. The minimum Gasteiger partial charge on any atom is -0.314 e. The van der Waals surface area contributed by atoms with Crippen LogP contribution in [0.25, 0.3) is 0 Å². The van der Waals surface area contributed by atoms with Gasteiger partial charge in [0.15, 0.2) is 0 Å². The highest BCUT2D eigenvalue weighted by atomic mass is 14.9. The molecular formula is C17H29N. The fourth-order valence-corrected chi connectivity index (χ4v) is 2.46. The van der Waals surface area contributed by atoms with E-state index in [1.54, 1.807) is 0 Å². The maximum atomic E-state index is 3.60. The van der Waals surface area contributed by atoms with Gasteiger partial charge in [-0.1, -0.05) is 70.9 Å². The Morgan fingerprint density at radius 3 is 2.11 bits per heavy atom. The van der Waals surface area contributed by atoms with Crippen LogP contribution < -0.4 is 5.32 Å². The van der Waals surface area contributed by atoms with E-state index < -0.39 is 0 Å². The number of rotatable bonds is 8. The van der Waals surface area contributed by atoms with Crippen molar-refractivity contribution >= 4 is 0 Å². The van der Waals surface area contributed by atoms with E-state index in [0.717, 1.165) is 12.5 Å². The maximum absolute atomic E-state index is 3.60. The molecule has 0 amide bonds. The van der Waals surface area contributed by atoms with Crippen LogP contribution in [0.3, 0.4) is 0 Å². The Morgan fingerprint density at radius 2 is 1.61 bits per heavy atom. The summed E-state index contributed by atoms with van der Waals surface area (Å²) in [7, 11) is 0. The van der Waals surface area contributed by atoms with Crippen LogP contribution in [-0.4, -0.2) is 12.6 Å². The molecule has 0 aliphatic carbocycles. The topological polar surface area (TPSA) is 12.0 Å². The molecule has 102 valence electrons. The Morgan fingerprint density at radius 1 is 1.00 bits per heavy atom. The van der Waals surface area contributed by atoms with Crippen LogP contribution in [0.5, 0.6) is 0 Å². The zero-order valence-corrected chi connectivity index (χ0v) is 12.4. The smallest absolute Gasteiger partial charge is 0.00226 e. The Bertz CT molecular complexity index is 301. The van der Waals surface area contributed by atoms with Crippen molar-refractivity contribution in [3.63, 3.8) is 0 Å². The van der Waals surface area contributed by atoms with E-state index in [-0.39, 0.29) is 0 Å². The molecule has 0 saturated heterocycles. The summed E-state index contributed by atoms with van der Waals surface area (Å²) in [5.74, 6) is 1.50. The minimum absolute atomic E-state index is 0.568. The van der Waals surface area contributed by atoms with Gasteiger partial charge in [0, 0.05) is 12.6 Å². The molecule has 1 nitrogen and oxygen atoms in total. The first-order valence-electron chi connectivity index (χ1n) is 7.45. The van der Waals surface area contributed by atoms with E-state index in [0.29, 0.717) is 12.0 Å². The lowest BCUT2D eigenvalue weighted by Gasteiger charge is -2.24. The SMILES string of the molecule is CCC(CC)CC(CNC(C)C)c1ccccc1. The second-order valence-electron chi connectivity index (χ2n) is 5.59. The lowest BCUT2D eigenvalue weighted by atomic mass is 9.86.